The molecule has 0 bridgehead atoms. The molecule has 0 aliphatic heterocycles. The lowest BCUT2D eigenvalue weighted by Crippen LogP contribution is -2.25. The van der Waals surface area contributed by atoms with E-state index in [9.17, 15) is 13.2 Å². The van der Waals surface area contributed by atoms with Gasteiger partial charge in [0.15, 0.2) is 5.13 Å². The molecule has 2 N–H and O–H groups in total. The maximum Gasteiger partial charge on any atom is 0.263 e. The number of sulfonamides is 1. The van der Waals surface area contributed by atoms with Gasteiger partial charge in [0.1, 0.15) is 0 Å². The molecule has 0 atom stereocenters. The maximum absolute atomic E-state index is 12.2. The zero-order valence-corrected chi connectivity index (χ0v) is 13.7. The van der Waals surface area contributed by atoms with Crippen LogP contribution in [-0.2, 0) is 21.2 Å². The van der Waals surface area contributed by atoms with Crippen LogP contribution in [-0.4, -0.2) is 25.9 Å². The second kappa shape index (κ2) is 7.37. The van der Waals surface area contributed by atoms with E-state index in [0.29, 0.717) is 12.2 Å². The molecule has 1 aromatic carbocycles. The number of hydrogen-bond acceptors (Lipinski definition) is 5. The molecule has 0 fully saturated rings. The standard InChI is InChI=1S/C14H17N3O3S2/c1-2-8-15-13(18)9-11-10-21-14(16-11)17-22(19,20)12-6-4-3-5-7-12/h3-7,10H,2,8-9H2,1H3,(H,15,18)(H,16,17). The maximum atomic E-state index is 12.2. The van der Waals surface area contributed by atoms with Gasteiger partial charge in [-0.15, -0.1) is 11.3 Å². The van der Waals surface area contributed by atoms with Crippen LogP contribution in [0, 0.1) is 0 Å². The minimum absolute atomic E-state index is 0.121. The molecule has 0 unspecified atom stereocenters. The van der Waals surface area contributed by atoms with Crippen molar-refractivity contribution < 1.29 is 13.2 Å². The number of carbonyl (C=O) groups excluding carboxylic acids is 1. The van der Waals surface area contributed by atoms with Crippen molar-refractivity contribution in [3.8, 4) is 0 Å². The Morgan fingerprint density at radius 3 is 2.68 bits per heavy atom. The third-order valence-electron chi connectivity index (χ3n) is 2.74. The van der Waals surface area contributed by atoms with Crippen LogP contribution < -0.4 is 10.0 Å². The number of hydrogen-bond donors (Lipinski definition) is 2. The highest BCUT2D eigenvalue weighted by molar-refractivity contribution is 7.93. The lowest BCUT2D eigenvalue weighted by atomic mass is 10.3. The summed E-state index contributed by atoms with van der Waals surface area (Å²) in [4.78, 5) is 15.9. The Bertz CT molecular complexity index is 727. The largest absolute Gasteiger partial charge is 0.356 e. The molecule has 0 radical (unpaired) electrons. The van der Waals surface area contributed by atoms with Gasteiger partial charge >= 0.3 is 0 Å². The lowest BCUT2D eigenvalue weighted by molar-refractivity contribution is -0.120. The van der Waals surface area contributed by atoms with Crippen molar-refractivity contribution in [2.75, 3.05) is 11.3 Å². The van der Waals surface area contributed by atoms with E-state index >= 15 is 0 Å². The first kappa shape index (κ1) is 16.4. The quantitative estimate of drug-likeness (QED) is 0.808. The topological polar surface area (TPSA) is 88.2 Å². The van der Waals surface area contributed by atoms with E-state index in [1.807, 2.05) is 6.92 Å². The second-order valence-electron chi connectivity index (χ2n) is 4.59. The summed E-state index contributed by atoms with van der Waals surface area (Å²) in [5, 5.41) is 4.68. The molecule has 2 aromatic rings. The van der Waals surface area contributed by atoms with Crippen LogP contribution in [0.25, 0.3) is 0 Å². The molecule has 0 saturated carbocycles. The van der Waals surface area contributed by atoms with Gasteiger partial charge in [0.2, 0.25) is 5.91 Å². The van der Waals surface area contributed by atoms with E-state index in [2.05, 4.69) is 15.0 Å². The number of rotatable bonds is 7. The van der Waals surface area contributed by atoms with Crippen molar-refractivity contribution in [3.05, 3.63) is 41.4 Å². The molecule has 0 spiro atoms. The highest BCUT2D eigenvalue weighted by atomic mass is 32.2. The van der Waals surface area contributed by atoms with Gasteiger partial charge < -0.3 is 5.32 Å². The summed E-state index contributed by atoms with van der Waals surface area (Å²) in [5.41, 5.74) is 0.546. The minimum atomic E-state index is -3.65. The zero-order valence-electron chi connectivity index (χ0n) is 12.1. The fourth-order valence-corrected chi connectivity index (χ4v) is 3.68. The van der Waals surface area contributed by atoms with E-state index in [-0.39, 0.29) is 22.4 Å². The third-order valence-corrected chi connectivity index (χ3v) is 5.03. The van der Waals surface area contributed by atoms with Crippen molar-refractivity contribution >= 4 is 32.4 Å². The van der Waals surface area contributed by atoms with Gasteiger partial charge in [0, 0.05) is 11.9 Å². The predicted octanol–water partition coefficient (Wildman–Crippen LogP) is 2.01. The van der Waals surface area contributed by atoms with Crippen LogP contribution in [0.4, 0.5) is 5.13 Å². The first-order valence-electron chi connectivity index (χ1n) is 6.80. The number of thiazole rings is 1. The molecule has 1 aromatic heterocycles. The van der Waals surface area contributed by atoms with Crippen LogP contribution in [0.1, 0.15) is 19.0 Å². The molecule has 0 saturated heterocycles. The van der Waals surface area contributed by atoms with Crippen molar-refractivity contribution in [3.63, 3.8) is 0 Å². The summed E-state index contributed by atoms with van der Waals surface area (Å²) < 4.78 is 26.7. The molecular formula is C14H17N3O3S2. The average molecular weight is 339 g/mol. The van der Waals surface area contributed by atoms with E-state index in [1.54, 1.807) is 23.6 Å². The van der Waals surface area contributed by atoms with Gasteiger partial charge in [-0.3, -0.25) is 9.52 Å². The number of benzene rings is 1. The number of anilines is 1. The van der Waals surface area contributed by atoms with Gasteiger partial charge in [0.25, 0.3) is 10.0 Å². The fraction of sp³-hybridized carbons (Fsp3) is 0.286. The molecular weight excluding hydrogens is 322 g/mol. The van der Waals surface area contributed by atoms with Gasteiger partial charge in [-0.25, -0.2) is 13.4 Å². The van der Waals surface area contributed by atoms with Crippen molar-refractivity contribution in [1.82, 2.24) is 10.3 Å². The number of amides is 1. The highest BCUT2D eigenvalue weighted by Crippen LogP contribution is 2.20. The van der Waals surface area contributed by atoms with Crippen molar-refractivity contribution in [2.45, 2.75) is 24.7 Å². The number of aromatic nitrogens is 1. The first-order chi connectivity index (χ1) is 10.5. The Morgan fingerprint density at radius 2 is 2.00 bits per heavy atom. The Hall–Kier alpha value is -1.93. The van der Waals surface area contributed by atoms with Crippen LogP contribution >= 0.6 is 11.3 Å². The Kier molecular flexibility index (Phi) is 5.51. The van der Waals surface area contributed by atoms with E-state index in [1.165, 1.54) is 12.1 Å². The molecule has 6 nitrogen and oxygen atoms in total. The summed E-state index contributed by atoms with van der Waals surface area (Å²) in [6.07, 6.45) is 1.01. The Labute approximate surface area is 133 Å². The number of carbonyl (C=O) groups is 1. The number of nitrogens with zero attached hydrogens (tertiary/aromatic N) is 1. The smallest absolute Gasteiger partial charge is 0.263 e. The van der Waals surface area contributed by atoms with Crippen LogP contribution in [0.3, 0.4) is 0 Å². The zero-order chi connectivity index (χ0) is 16.0. The summed E-state index contributed by atoms with van der Waals surface area (Å²) in [6.45, 7) is 2.59. The molecule has 1 amide bonds. The van der Waals surface area contributed by atoms with Crippen LogP contribution in [0.2, 0.25) is 0 Å². The fourth-order valence-electron chi connectivity index (χ4n) is 1.70. The van der Waals surface area contributed by atoms with Gasteiger partial charge in [-0.1, -0.05) is 25.1 Å². The highest BCUT2D eigenvalue weighted by Gasteiger charge is 2.16. The normalized spacial score (nSPS) is 11.1. The summed E-state index contributed by atoms with van der Waals surface area (Å²) in [7, 11) is -3.65. The first-order valence-corrected chi connectivity index (χ1v) is 9.16. The molecule has 118 valence electrons. The lowest BCUT2D eigenvalue weighted by Gasteiger charge is -2.04. The molecule has 0 aliphatic carbocycles. The van der Waals surface area contributed by atoms with Crippen molar-refractivity contribution in [1.29, 1.82) is 0 Å². The van der Waals surface area contributed by atoms with E-state index in [4.69, 9.17) is 0 Å². The Morgan fingerprint density at radius 1 is 1.27 bits per heavy atom. The van der Waals surface area contributed by atoms with E-state index in [0.717, 1.165) is 17.8 Å². The monoisotopic (exact) mass is 339 g/mol. The number of nitrogens with one attached hydrogen (secondary N) is 2. The average Bonchev–Trinajstić information content (AvgIpc) is 2.92. The molecule has 22 heavy (non-hydrogen) atoms. The van der Waals surface area contributed by atoms with Crippen molar-refractivity contribution in [2.24, 2.45) is 0 Å². The van der Waals surface area contributed by atoms with Gasteiger partial charge in [-0.05, 0) is 18.6 Å². The second-order valence-corrected chi connectivity index (χ2v) is 7.13. The Balaban J connectivity index is 2.02. The predicted molar refractivity (Wildman–Crippen MR) is 86.4 cm³/mol. The van der Waals surface area contributed by atoms with Crippen LogP contribution in [0.15, 0.2) is 40.6 Å². The summed E-state index contributed by atoms with van der Waals surface area (Å²) in [5.74, 6) is -0.121. The van der Waals surface area contributed by atoms with Crippen LogP contribution in [0.5, 0.6) is 0 Å². The van der Waals surface area contributed by atoms with E-state index < -0.39 is 10.0 Å². The molecule has 0 aliphatic rings. The van der Waals surface area contributed by atoms with Gasteiger partial charge in [-0.2, -0.15) is 0 Å². The summed E-state index contributed by atoms with van der Waals surface area (Å²) >= 11 is 1.16. The molecule has 8 heteroatoms. The van der Waals surface area contributed by atoms with Gasteiger partial charge in [0.05, 0.1) is 17.0 Å². The molecule has 1 heterocycles. The third kappa shape index (κ3) is 4.54. The minimum Gasteiger partial charge on any atom is -0.356 e. The SMILES string of the molecule is CCCNC(=O)Cc1csc(NS(=O)(=O)c2ccccc2)n1. The molecule has 2 rings (SSSR count). The summed E-state index contributed by atoms with van der Waals surface area (Å²) in [6, 6.07) is 8.07.